The summed E-state index contributed by atoms with van der Waals surface area (Å²) in [5.74, 6) is -0.897. The standard InChI is InChI=1S/C9H15N3O2.ClH/c10-6-3-4-12(5-6)9(14)8(13)11-7-1-2-7;/h6-7H,1-5,10H2,(H,11,13);1H/t6-;/m0./s1. The molecule has 0 aromatic heterocycles. The van der Waals surface area contributed by atoms with Crippen LogP contribution in [0.4, 0.5) is 0 Å². The molecule has 0 unspecified atom stereocenters. The van der Waals surface area contributed by atoms with Crippen LogP contribution in [0.3, 0.4) is 0 Å². The Morgan fingerprint density at radius 2 is 1.93 bits per heavy atom. The molecule has 5 nitrogen and oxygen atoms in total. The quantitative estimate of drug-likeness (QED) is 0.585. The van der Waals surface area contributed by atoms with Crippen molar-refractivity contribution >= 4 is 24.2 Å². The fraction of sp³-hybridized carbons (Fsp3) is 0.778. The lowest BCUT2D eigenvalue weighted by Crippen LogP contribution is -2.43. The number of rotatable bonds is 1. The van der Waals surface area contributed by atoms with Crippen LogP contribution in [0.15, 0.2) is 0 Å². The molecule has 6 heteroatoms. The number of carbonyl (C=O) groups excluding carboxylic acids is 2. The minimum absolute atomic E-state index is 0. The average molecular weight is 234 g/mol. The van der Waals surface area contributed by atoms with E-state index < -0.39 is 11.8 Å². The monoisotopic (exact) mass is 233 g/mol. The van der Waals surface area contributed by atoms with E-state index in [1.54, 1.807) is 0 Å². The average Bonchev–Trinajstić information content (AvgIpc) is 2.85. The Morgan fingerprint density at radius 3 is 2.40 bits per heavy atom. The molecule has 1 aliphatic heterocycles. The van der Waals surface area contributed by atoms with Crippen molar-refractivity contribution in [3.8, 4) is 0 Å². The maximum atomic E-state index is 11.5. The second-order valence-corrected chi connectivity index (χ2v) is 4.05. The predicted octanol–water partition coefficient (Wildman–Crippen LogP) is -0.754. The van der Waals surface area contributed by atoms with E-state index in [2.05, 4.69) is 5.32 Å². The van der Waals surface area contributed by atoms with Crippen molar-refractivity contribution in [2.75, 3.05) is 13.1 Å². The van der Waals surface area contributed by atoms with E-state index in [0.29, 0.717) is 13.1 Å². The highest BCUT2D eigenvalue weighted by Crippen LogP contribution is 2.18. The topological polar surface area (TPSA) is 75.4 Å². The maximum absolute atomic E-state index is 11.5. The van der Waals surface area contributed by atoms with Crippen LogP contribution in [-0.2, 0) is 9.59 Å². The molecule has 86 valence electrons. The van der Waals surface area contributed by atoms with Crippen molar-refractivity contribution in [2.45, 2.75) is 31.3 Å². The van der Waals surface area contributed by atoms with Crippen molar-refractivity contribution in [2.24, 2.45) is 5.73 Å². The molecule has 1 aliphatic carbocycles. The third-order valence-electron chi connectivity index (χ3n) is 2.62. The number of halogens is 1. The van der Waals surface area contributed by atoms with E-state index in [9.17, 15) is 9.59 Å². The van der Waals surface area contributed by atoms with E-state index in [-0.39, 0.29) is 24.5 Å². The number of amides is 2. The Morgan fingerprint density at radius 1 is 1.27 bits per heavy atom. The van der Waals surface area contributed by atoms with Crippen molar-refractivity contribution in [1.82, 2.24) is 10.2 Å². The lowest BCUT2D eigenvalue weighted by Gasteiger charge is -2.14. The van der Waals surface area contributed by atoms with Gasteiger partial charge in [0.05, 0.1) is 0 Å². The van der Waals surface area contributed by atoms with E-state index in [1.165, 1.54) is 4.90 Å². The van der Waals surface area contributed by atoms with Crippen molar-refractivity contribution in [3.05, 3.63) is 0 Å². The summed E-state index contributed by atoms with van der Waals surface area (Å²) in [6.45, 7) is 1.12. The lowest BCUT2D eigenvalue weighted by atomic mass is 10.3. The Labute approximate surface area is 94.8 Å². The first-order chi connectivity index (χ1) is 6.66. The van der Waals surface area contributed by atoms with Crippen molar-refractivity contribution in [1.29, 1.82) is 0 Å². The summed E-state index contributed by atoms with van der Waals surface area (Å²) < 4.78 is 0. The van der Waals surface area contributed by atoms with Gasteiger partial charge in [-0.25, -0.2) is 0 Å². The van der Waals surface area contributed by atoms with Gasteiger partial charge in [0.1, 0.15) is 0 Å². The second-order valence-electron chi connectivity index (χ2n) is 4.05. The van der Waals surface area contributed by atoms with Gasteiger partial charge in [-0.05, 0) is 19.3 Å². The van der Waals surface area contributed by atoms with Crippen molar-refractivity contribution in [3.63, 3.8) is 0 Å². The van der Waals surface area contributed by atoms with E-state index >= 15 is 0 Å². The molecule has 0 aromatic rings. The summed E-state index contributed by atoms with van der Waals surface area (Å²) in [4.78, 5) is 24.4. The maximum Gasteiger partial charge on any atom is 0.311 e. The molecule has 2 fully saturated rings. The number of hydrogen-bond acceptors (Lipinski definition) is 3. The molecule has 1 saturated carbocycles. The number of nitrogens with one attached hydrogen (secondary N) is 1. The van der Waals surface area contributed by atoms with Crippen LogP contribution >= 0.6 is 12.4 Å². The molecule has 1 saturated heterocycles. The SMILES string of the molecule is Cl.N[C@H]1CCN(C(=O)C(=O)NC2CC2)C1. The highest BCUT2D eigenvalue weighted by atomic mass is 35.5. The Hall–Kier alpha value is -0.810. The first kappa shape index (κ1) is 12.3. The van der Waals surface area contributed by atoms with Gasteiger partial charge in [0.15, 0.2) is 0 Å². The molecule has 0 spiro atoms. The van der Waals surface area contributed by atoms with Gasteiger partial charge >= 0.3 is 11.8 Å². The molecule has 2 rings (SSSR count). The van der Waals surface area contributed by atoms with E-state index in [4.69, 9.17) is 5.73 Å². The summed E-state index contributed by atoms with van der Waals surface area (Å²) in [5, 5.41) is 2.67. The van der Waals surface area contributed by atoms with Gasteiger partial charge in [-0.3, -0.25) is 9.59 Å². The zero-order chi connectivity index (χ0) is 10.1. The summed E-state index contributed by atoms with van der Waals surface area (Å²) in [7, 11) is 0. The normalized spacial score (nSPS) is 24.6. The lowest BCUT2D eigenvalue weighted by molar-refractivity contribution is -0.145. The molecule has 2 amide bonds. The number of nitrogens with two attached hydrogens (primary N) is 1. The first-order valence-corrected chi connectivity index (χ1v) is 5.02. The van der Waals surface area contributed by atoms with Gasteiger partial charge in [0.25, 0.3) is 0 Å². The van der Waals surface area contributed by atoms with Crippen LogP contribution in [0.5, 0.6) is 0 Å². The van der Waals surface area contributed by atoms with Crippen LogP contribution < -0.4 is 11.1 Å². The Kier molecular flexibility index (Phi) is 3.93. The zero-order valence-corrected chi connectivity index (χ0v) is 9.26. The summed E-state index contributed by atoms with van der Waals surface area (Å²) in [5.41, 5.74) is 5.65. The van der Waals surface area contributed by atoms with Gasteiger partial charge in [-0.2, -0.15) is 0 Å². The van der Waals surface area contributed by atoms with E-state index in [0.717, 1.165) is 19.3 Å². The molecule has 2 aliphatic rings. The van der Waals surface area contributed by atoms with Crippen molar-refractivity contribution < 1.29 is 9.59 Å². The van der Waals surface area contributed by atoms with Crippen LogP contribution in [0, 0.1) is 0 Å². The van der Waals surface area contributed by atoms with Gasteiger partial charge in [-0.15, -0.1) is 12.4 Å². The minimum Gasteiger partial charge on any atom is -0.345 e. The second kappa shape index (κ2) is 4.81. The molecule has 0 bridgehead atoms. The fourth-order valence-electron chi connectivity index (χ4n) is 1.59. The number of likely N-dealkylation sites (tertiary alicyclic amines) is 1. The Bertz CT molecular complexity index is 268. The molecular formula is C9H16ClN3O2. The number of hydrogen-bond donors (Lipinski definition) is 2. The zero-order valence-electron chi connectivity index (χ0n) is 8.44. The fourth-order valence-corrected chi connectivity index (χ4v) is 1.59. The number of nitrogens with zero attached hydrogens (tertiary/aromatic N) is 1. The minimum atomic E-state index is -0.471. The molecule has 1 atom stereocenters. The highest BCUT2D eigenvalue weighted by Gasteiger charge is 2.31. The van der Waals surface area contributed by atoms with Gasteiger partial charge in [0.2, 0.25) is 0 Å². The Balaban J connectivity index is 0.00000112. The van der Waals surface area contributed by atoms with Gasteiger partial charge in [0, 0.05) is 25.2 Å². The molecule has 0 aromatic carbocycles. The van der Waals surface area contributed by atoms with Gasteiger partial charge < -0.3 is 16.0 Å². The molecule has 3 N–H and O–H groups in total. The highest BCUT2D eigenvalue weighted by molar-refractivity contribution is 6.35. The molecule has 15 heavy (non-hydrogen) atoms. The smallest absolute Gasteiger partial charge is 0.311 e. The molecule has 1 heterocycles. The van der Waals surface area contributed by atoms with E-state index in [1.807, 2.05) is 0 Å². The summed E-state index contributed by atoms with van der Waals surface area (Å²) in [6.07, 6.45) is 2.79. The largest absolute Gasteiger partial charge is 0.345 e. The van der Waals surface area contributed by atoms with Gasteiger partial charge in [-0.1, -0.05) is 0 Å². The first-order valence-electron chi connectivity index (χ1n) is 5.02. The predicted molar refractivity (Wildman–Crippen MR) is 57.6 cm³/mol. The third kappa shape index (κ3) is 3.07. The van der Waals surface area contributed by atoms with Crippen LogP contribution in [0.2, 0.25) is 0 Å². The summed E-state index contributed by atoms with van der Waals surface area (Å²) >= 11 is 0. The summed E-state index contributed by atoms with van der Waals surface area (Å²) in [6, 6.07) is 0.274. The van der Waals surface area contributed by atoms with Crippen LogP contribution in [-0.4, -0.2) is 41.9 Å². The van der Waals surface area contributed by atoms with Crippen LogP contribution in [0.1, 0.15) is 19.3 Å². The number of carbonyl (C=O) groups is 2. The molecule has 0 radical (unpaired) electrons. The van der Waals surface area contributed by atoms with Crippen LogP contribution in [0.25, 0.3) is 0 Å². The molecular weight excluding hydrogens is 218 g/mol. The third-order valence-corrected chi connectivity index (χ3v) is 2.62.